The molecule has 2 aromatic carbocycles. The van der Waals surface area contributed by atoms with Crippen LogP contribution in [0.4, 0.5) is 0 Å². The number of nitrogens with zero attached hydrogens (tertiary/aromatic N) is 1. The van der Waals surface area contributed by atoms with Gasteiger partial charge in [-0.25, -0.2) is 4.98 Å². The minimum absolute atomic E-state index is 0.158. The first-order valence-corrected chi connectivity index (χ1v) is 8.95. The lowest BCUT2D eigenvalue weighted by Gasteiger charge is -2.01. The molecule has 0 amide bonds. The fraction of sp³-hybridized carbons (Fsp3) is 0.111. The van der Waals surface area contributed by atoms with Crippen molar-refractivity contribution >= 4 is 32.8 Å². The summed E-state index contributed by atoms with van der Waals surface area (Å²) in [5, 5.41) is -0.216. The van der Waals surface area contributed by atoms with E-state index >= 15 is 0 Å². The van der Waals surface area contributed by atoms with E-state index < -0.39 is 0 Å². The third-order valence-corrected chi connectivity index (χ3v) is 4.53. The van der Waals surface area contributed by atoms with Crippen molar-refractivity contribution in [3.05, 3.63) is 64.8 Å². The van der Waals surface area contributed by atoms with Crippen molar-refractivity contribution in [1.82, 2.24) is 4.98 Å². The number of aromatic nitrogens is 1. The Balaban J connectivity index is 1.89. The second kappa shape index (κ2) is 7.68. The molecule has 0 saturated carbocycles. The molecular weight excluding hydrogens is 390 g/mol. The average Bonchev–Trinajstić information content (AvgIpc) is 3.02. The Morgan fingerprint density at radius 1 is 1.17 bits per heavy atom. The highest BCUT2D eigenvalue weighted by atomic mass is 79.9. The zero-order chi connectivity index (χ0) is 16.9. The monoisotopic (exact) mass is 403 g/mol. The van der Waals surface area contributed by atoms with E-state index in [0.29, 0.717) is 12.5 Å². The molecule has 4 nitrogen and oxygen atoms in total. The topological polar surface area (TPSA) is 52.3 Å². The van der Waals surface area contributed by atoms with Crippen LogP contribution in [0.25, 0.3) is 11.5 Å². The summed E-state index contributed by atoms with van der Waals surface area (Å²) in [4.78, 5) is 17.8. The van der Waals surface area contributed by atoms with E-state index in [4.69, 9.17) is 9.15 Å². The fourth-order valence-electron chi connectivity index (χ4n) is 2.03. The van der Waals surface area contributed by atoms with Crippen molar-refractivity contribution in [2.24, 2.45) is 0 Å². The quantitative estimate of drug-likeness (QED) is 0.531. The molecule has 3 aromatic rings. The first kappa shape index (κ1) is 16.8. The SMILES string of the molecule is CCOc1oc(-c2ccccc2)nc1C(=O)Sc1ccc(Br)cc1. The summed E-state index contributed by atoms with van der Waals surface area (Å²) in [7, 11) is 0. The highest BCUT2D eigenvalue weighted by molar-refractivity contribution is 9.10. The van der Waals surface area contributed by atoms with Gasteiger partial charge in [0.2, 0.25) is 16.7 Å². The lowest BCUT2D eigenvalue weighted by Crippen LogP contribution is -1.99. The number of thioether (sulfide) groups is 1. The molecule has 0 aliphatic rings. The van der Waals surface area contributed by atoms with Gasteiger partial charge in [-0.2, -0.15) is 0 Å². The molecule has 0 fully saturated rings. The van der Waals surface area contributed by atoms with Gasteiger partial charge in [0.1, 0.15) is 0 Å². The van der Waals surface area contributed by atoms with E-state index in [-0.39, 0.29) is 16.8 Å². The van der Waals surface area contributed by atoms with Gasteiger partial charge in [-0.1, -0.05) is 34.1 Å². The van der Waals surface area contributed by atoms with Crippen LogP contribution in [0.3, 0.4) is 0 Å². The molecule has 3 rings (SSSR count). The van der Waals surface area contributed by atoms with Crippen molar-refractivity contribution in [2.75, 3.05) is 6.61 Å². The minimum atomic E-state index is -0.216. The van der Waals surface area contributed by atoms with Crippen molar-refractivity contribution in [3.63, 3.8) is 0 Å². The van der Waals surface area contributed by atoms with Gasteiger partial charge in [0.15, 0.2) is 0 Å². The molecule has 0 atom stereocenters. The second-order valence-corrected chi connectivity index (χ2v) is 6.76. The van der Waals surface area contributed by atoms with Gasteiger partial charge >= 0.3 is 5.95 Å². The normalized spacial score (nSPS) is 10.6. The summed E-state index contributed by atoms with van der Waals surface area (Å²) in [6.45, 7) is 2.23. The summed E-state index contributed by atoms with van der Waals surface area (Å²) >= 11 is 4.47. The van der Waals surface area contributed by atoms with Gasteiger partial charge in [-0.15, -0.1) is 0 Å². The maximum absolute atomic E-state index is 12.6. The fourth-order valence-corrected chi connectivity index (χ4v) is 3.00. The zero-order valence-corrected chi connectivity index (χ0v) is 15.3. The molecule has 24 heavy (non-hydrogen) atoms. The molecule has 1 aromatic heterocycles. The Morgan fingerprint density at radius 3 is 2.54 bits per heavy atom. The van der Waals surface area contributed by atoms with E-state index in [0.717, 1.165) is 26.7 Å². The smallest absolute Gasteiger partial charge is 0.318 e. The summed E-state index contributed by atoms with van der Waals surface area (Å²) in [6, 6.07) is 16.9. The van der Waals surface area contributed by atoms with Crippen molar-refractivity contribution in [1.29, 1.82) is 0 Å². The Labute approximate surface area is 152 Å². The van der Waals surface area contributed by atoms with E-state index in [9.17, 15) is 4.79 Å². The van der Waals surface area contributed by atoms with E-state index in [2.05, 4.69) is 20.9 Å². The number of benzene rings is 2. The summed E-state index contributed by atoms with van der Waals surface area (Å²) in [6.07, 6.45) is 0. The third kappa shape index (κ3) is 3.88. The van der Waals surface area contributed by atoms with Gasteiger partial charge in [-0.3, -0.25) is 4.79 Å². The van der Waals surface area contributed by atoms with Gasteiger partial charge in [0.05, 0.1) is 6.61 Å². The Kier molecular flexibility index (Phi) is 5.37. The number of ether oxygens (including phenoxy) is 1. The number of rotatable bonds is 5. The van der Waals surface area contributed by atoms with Crippen LogP contribution >= 0.6 is 27.7 Å². The number of halogens is 1. The predicted octanol–water partition coefficient (Wildman–Crippen LogP) is 5.44. The first-order chi connectivity index (χ1) is 11.7. The van der Waals surface area contributed by atoms with Crippen LogP contribution < -0.4 is 4.74 Å². The van der Waals surface area contributed by atoms with Gasteiger partial charge in [0.25, 0.3) is 0 Å². The van der Waals surface area contributed by atoms with Gasteiger partial charge < -0.3 is 9.15 Å². The maximum atomic E-state index is 12.6. The van der Waals surface area contributed by atoms with Crippen molar-refractivity contribution in [2.45, 2.75) is 11.8 Å². The largest absolute Gasteiger partial charge is 0.464 e. The summed E-state index contributed by atoms with van der Waals surface area (Å²) < 4.78 is 12.1. The second-order valence-electron chi connectivity index (χ2n) is 4.80. The average molecular weight is 404 g/mol. The highest BCUT2D eigenvalue weighted by Crippen LogP contribution is 2.32. The lowest BCUT2D eigenvalue weighted by molar-refractivity contribution is 0.107. The third-order valence-electron chi connectivity index (χ3n) is 3.11. The first-order valence-electron chi connectivity index (χ1n) is 7.34. The highest BCUT2D eigenvalue weighted by Gasteiger charge is 2.23. The summed E-state index contributed by atoms with van der Waals surface area (Å²) in [5.74, 6) is 0.532. The molecule has 6 heteroatoms. The number of carbonyl (C=O) groups is 1. The number of carbonyl (C=O) groups excluding carboxylic acids is 1. The van der Waals surface area contributed by atoms with Gasteiger partial charge in [-0.05, 0) is 55.1 Å². The molecule has 0 saturated heterocycles. The van der Waals surface area contributed by atoms with Crippen LogP contribution in [0.2, 0.25) is 0 Å². The molecule has 0 aliphatic carbocycles. The molecule has 0 bridgehead atoms. The van der Waals surface area contributed by atoms with Crippen molar-refractivity contribution < 1.29 is 13.9 Å². The minimum Gasteiger partial charge on any atom is -0.464 e. The van der Waals surface area contributed by atoms with Crippen LogP contribution in [-0.4, -0.2) is 16.7 Å². The lowest BCUT2D eigenvalue weighted by atomic mass is 10.2. The van der Waals surface area contributed by atoms with Crippen LogP contribution in [0, 0.1) is 0 Å². The molecule has 0 N–H and O–H groups in total. The van der Waals surface area contributed by atoms with Crippen LogP contribution in [0.5, 0.6) is 5.95 Å². The maximum Gasteiger partial charge on any atom is 0.318 e. The Bertz CT molecular complexity index is 831. The van der Waals surface area contributed by atoms with E-state index in [1.165, 1.54) is 0 Å². The molecule has 0 radical (unpaired) electrons. The standard InChI is InChI=1S/C18H14BrNO3S/c1-2-22-18-15(17(21)24-14-10-8-13(19)9-11-14)20-16(23-18)12-6-4-3-5-7-12/h3-11H,2H2,1H3. The Hall–Kier alpha value is -2.05. The van der Waals surface area contributed by atoms with E-state index in [1.807, 2.05) is 61.5 Å². The zero-order valence-electron chi connectivity index (χ0n) is 12.9. The van der Waals surface area contributed by atoms with Crippen LogP contribution in [0.15, 0.2) is 68.4 Å². The van der Waals surface area contributed by atoms with Gasteiger partial charge in [0, 0.05) is 14.9 Å². The van der Waals surface area contributed by atoms with E-state index in [1.54, 1.807) is 0 Å². The molecule has 1 heterocycles. The molecule has 0 aliphatic heterocycles. The Morgan fingerprint density at radius 2 is 1.88 bits per heavy atom. The number of hydrogen-bond acceptors (Lipinski definition) is 5. The predicted molar refractivity (Wildman–Crippen MR) is 97.4 cm³/mol. The van der Waals surface area contributed by atoms with Crippen LogP contribution in [0.1, 0.15) is 17.4 Å². The number of hydrogen-bond donors (Lipinski definition) is 0. The molecular formula is C18H14BrNO3S. The molecule has 0 spiro atoms. The van der Waals surface area contributed by atoms with Crippen molar-refractivity contribution in [3.8, 4) is 17.4 Å². The molecule has 0 unspecified atom stereocenters. The molecule has 122 valence electrons. The number of oxazole rings is 1. The van der Waals surface area contributed by atoms with Crippen LogP contribution in [-0.2, 0) is 0 Å². The summed E-state index contributed by atoms with van der Waals surface area (Å²) in [5.41, 5.74) is 0.995.